The average Bonchev–Trinajstić information content (AvgIpc) is 2.70. The summed E-state index contributed by atoms with van der Waals surface area (Å²) in [4.78, 5) is 4.46. The van der Waals surface area contributed by atoms with Gasteiger partial charge in [0.05, 0.1) is 12.8 Å². The average molecular weight is 461 g/mol. The number of nitrogens with two attached hydrogens (primary N) is 2. The second-order valence-electron chi connectivity index (χ2n) is 6.22. The fourth-order valence-corrected chi connectivity index (χ4v) is 3.05. The topological polar surface area (TPSA) is 89.1 Å². The molecule has 0 unspecified atom stereocenters. The number of halogens is 3. The summed E-state index contributed by atoms with van der Waals surface area (Å²) in [6, 6.07) is 21.5. The van der Waals surface area contributed by atoms with E-state index in [1.165, 1.54) is 0 Å². The highest BCUT2D eigenvalue weighted by molar-refractivity contribution is 6.35. The summed E-state index contributed by atoms with van der Waals surface area (Å²) in [6.07, 6.45) is 3.42. The summed E-state index contributed by atoms with van der Waals surface area (Å²) in [5.74, 6) is -0.0715. The molecule has 0 aliphatic carbocycles. The third kappa shape index (κ3) is 6.88. The van der Waals surface area contributed by atoms with Crippen LogP contribution in [0.3, 0.4) is 0 Å². The van der Waals surface area contributed by atoms with Gasteiger partial charge in [0, 0.05) is 16.3 Å². The van der Waals surface area contributed by atoms with E-state index in [9.17, 15) is 0 Å². The first-order chi connectivity index (χ1) is 14.0. The number of hydrogen-bond donors (Lipinski definition) is 2. The Morgan fingerprint density at radius 2 is 1.37 bits per heavy atom. The monoisotopic (exact) mass is 459 g/mol. The maximum atomic E-state index is 6.17. The second kappa shape index (κ2) is 11.4. The van der Waals surface area contributed by atoms with Gasteiger partial charge in [-0.05, 0) is 39.9 Å². The molecule has 8 heteroatoms. The van der Waals surface area contributed by atoms with Gasteiger partial charge in [0.15, 0.2) is 0 Å². The Kier molecular flexibility index (Phi) is 8.87. The van der Waals surface area contributed by atoms with Gasteiger partial charge in [-0.1, -0.05) is 77.8 Å². The van der Waals surface area contributed by atoms with Crippen LogP contribution in [-0.4, -0.2) is 18.4 Å². The predicted molar refractivity (Wildman–Crippen MR) is 130 cm³/mol. The number of hydrogen-bond acceptors (Lipinski definition) is 3. The van der Waals surface area contributed by atoms with Crippen molar-refractivity contribution < 1.29 is 0 Å². The largest absolute Gasteiger partial charge is 0.369 e. The fraction of sp³-hybridized carbons (Fsp3) is 0.0455. The van der Waals surface area contributed by atoms with E-state index in [0.29, 0.717) is 16.6 Å². The molecule has 0 bridgehead atoms. The van der Waals surface area contributed by atoms with Crippen molar-refractivity contribution in [2.45, 2.75) is 6.54 Å². The van der Waals surface area contributed by atoms with Crippen molar-refractivity contribution in [1.82, 2.24) is 0 Å². The summed E-state index contributed by atoms with van der Waals surface area (Å²) >= 11 is 12.1. The number of rotatable bonds is 6. The fourth-order valence-electron chi connectivity index (χ4n) is 2.58. The lowest BCUT2D eigenvalue weighted by atomic mass is 10.0. The molecule has 0 aliphatic heterocycles. The van der Waals surface area contributed by atoms with Crippen LogP contribution >= 0.6 is 35.6 Å². The third-order valence-corrected chi connectivity index (χ3v) is 4.64. The van der Waals surface area contributed by atoms with Gasteiger partial charge in [0.25, 0.3) is 0 Å². The minimum Gasteiger partial charge on any atom is -0.369 e. The highest BCUT2D eigenvalue weighted by Crippen LogP contribution is 2.22. The van der Waals surface area contributed by atoms with Gasteiger partial charge in [0.1, 0.15) is 0 Å². The Morgan fingerprint density at radius 3 is 1.90 bits per heavy atom. The lowest BCUT2D eigenvalue weighted by molar-refractivity contribution is 1.08. The highest BCUT2D eigenvalue weighted by Gasteiger charge is 2.00. The molecule has 0 amide bonds. The summed E-state index contributed by atoms with van der Waals surface area (Å²) < 4.78 is 0. The lowest BCUT2D eigenvalue weighted by Gasteiger charge is -2.03. The molecule has 0 radical (unpaired) electrons. The summed E-state index contributed by atoms with van der Waals surface area (Å²) in [5.41, 5.74) is 15.5. The highest BCUT2D eigenvalue weighted by atomic mass is 35.5. The zero-order valence-electron chi connectivity index (χ0n) is 15.9. The van der Waals surface area contributed by atoms with Gasteiger partial charge >= 0.3 is 0 Å². The van der Waals surface area contributed by atoms with Crippen molar-refractivity contribution in [3.05, 3.63) is 93.5 Å². The summed E-state index contributed by atoms with van der Waals surface area (Å²) in [5, 5.41) is 8.62. The van der Waals surface area contributed by atoms with Crippen LogP contribution < -0.4 is 11.5 Å². The van der Waals surface area contributed by atoms with Crippen LogP contribution in [0.2, 0.25) is 10.0 Å². The molecule has 3 aromatic carbocycles. The Morgan fingerprint density at radius 1 is 0.800 bits per heavy atom. The number of guanidine groups is 1. The maximum Gasteiger partial charge on any atom is 0.211 e. The molecule has 30 heavy (non-hydrogen) atoms. The smallest absolute Gasteiger partial charge is 0.211 e. The van der Waals surface area contributed by atoms with Gasteiger partial charge in [-0.15, -0.1) is 17.5 Å². The van der Waals surface area contributed by atoms with Gasteiger partial charge in [-0.2, -0.15) is 5.10 Å². The van der Waals surface area contributed by atoms with Crippen LogP contribution in [0.5, 0.6) is 0 Å². The van der Waals surface area contributed by atoms with Gasteiger partial charge < -0.3 is 11.5 Å². The van der Waals surface area contributed by atoms with Gasteiger partial charge in [0.2, 0.25) is 5.96 Å². The lowest BCUT2D eigenvalue weighted by Crippen LogP contribution is -2.21. The molecule has 0 fully saturated rings. The Labute approximate surface area is 191 Å². The molecular formula is C22H20Cl3N5. The Bertz CT molecular complexity index is 1060. The zero-order chi connectivity index (χ0) is 20.6. The van der Waals surface area contributed by atoms with Crippen LogP contribution in [0.1, 0.15) is 16.7 Å². The molecule has 0 aromatic heterocycles. The summed E-state index contributed by atoms with van der Waals surface area (Å²) in [7, 11) is 0. The molecule has 0 saturated heterocycles. The van der Waals surface area contributed by atoms with Crippen LogP contribution in [-0.2, 0) is 6.54 Å². The van der Waals surface area contributed by atoms with Crippen LogP contribution in [0, 0.1) is 0 Å². The molecule has 5 nitrogen and oxygen atoms in total. The molecule has 0 saturated carbocycles. The molecule has 3 rings (SSSR count). The minimum atomic E-state index is -0.0715. The van der Waals surface area contributed by atoms with Crippen molar-refractivity contribution in [2.24, 2.45) is 26.7 Å². The molecule has 4 N–H and O–H groups in total. The van der Waals surface area contributed by atoms with E-state index in [1.807, 2.05) is 54.7 Å². The number of benzene rings is 3. The van der Waals surface area contributed by atoms with E-state index < -0.39 is 0 Å². The van der Waals surface area contributed by atoms with Crippen molar-refractivity contribution in [1.29, 1.82) is 0 Å². The second-order valence-corrected chi connectivity index (χ2v) is 7.06. The number of aliphatic imine (C=N–C) groups is 1. The van der Waals surface area contributed by atoms with E-state index >= 15 is 0 Å². The SMILES string of the molecule is Cl.NC(N)=N/N=C/c1ccc(-c2ccc(C=NCc3ccc(Cl)cc3Cl)cc2)cc1. The normalized spacial score (nSPS) is 10.9. The molecule has 154 valence electrons. The summed E-state index contributed by atoms with van der Waals surface area (Å²) in [6.45, 7) is 0.501. The van der Waals surface area contributed by atoms with Crippen molar-refractivity contribution in [3.63, 3.8) is 0 Å². The Balaban J connectivity index is 0.00000320. The van der Waals surface area contributed by atoms with Crippen molar-refractivity contribution in [2.75, 3.05) is 0 Å². The van der Waals surface area contributed by atoms with E-state index in [0.717, 1.165) is 27.8 Å². The van der Waals surface area contributed by atoms with E-state index in [-0.39, 0.29) is 18.4 Å². The van der Waals surface area contributed by atoms with Crippen LogP contribution in [0.15, 0.2) is 81.9 Å². The quantitative estimate of drug-likeness (QED) is 0.296. The molecule has 0 heterocycles. The zero-order valence-corrected chi connectivity index (χ0v) is 18.2. The van der Waals surface area contributed by atoms with Crippen molar-refractivity contribution in [3.8, 4) is 11.1 Å². The molecular weight excluding hydrogens is 441 g/mol. The first-order valence-electron chi connectivity index (χ1n) is 8.77. The molecule has 3 aromatic rings. The third-order valence-electron chi connectivity index (χ3n) is 4.05. The van der Waals surface area contributed by atoms with Crippen LogP contribution in [0.4, 0.5) is 0 Å². The predicted octanol–water partition coefficient (Wildman–Crippen LogP) is 5.31. The molecule has 0 spiro atoms. The standard InChI is InChI=1S/C22H19Cl2N5.ClH/c23-20-10-9-19(21(24)11-20)14-27-12-15-1-5-17(6-2-15)18-7-3-16(4-8-18)13-28-29-22(25)26;/h1-13H,14H2,(H4,25,26,29);1H/b27-12?,28-13+;. The maximum absolute atomic E-state index is 6.17. The number of nitrogens with zero attached hydrogens (tertiary/aromatic N) is 3. The van der Waals surface area contributed by atoms with E-state index in [2.05, 4.69) is 27.3 Å². The van der Waals surface area contributed by atoms with Crippen molar-refractivity contribution >= 4 is 54.0 Å². The van der Waals surface area contributed by atoms with E-state index in [4.69, 9.17) is 34.7 Å². The Hall–Kier alpha value is -2.86. The minimum absolute atomic E-state index is 0. The molecule has 0 atom stereocenters. The van der Waals surface area contributed by atoms with Crippen LogP contribution in [0.25, 0.3) is 11.1 Å². The molecule has 0 aliphatic rings. The first kappa shape index (κ1) is 23.4. The van der Waals surface area contributed by atoms with Gasteiger partial charge in [-0.3, -0.25) is 4.99 Å². The first-order valence-corrected chi connectivity index (χ1v) is 9.53. The van der Waals surface area contributed by atoms with Gasteiger partial charge in [-0.25, -0.2) is 0 Å². The van der Waals surface area contributed by atoms with E-state index in [1.54, 1.807) is 12.3 Å².